The van der Waals surface area contributed by atoms with E-state index in [0.717, 1.165) is 24.3 Å². The van der Waals surface area contributed by atoms with E-state index in [4.69, 9.17) is 21.1 Å². The van der Waals surface area contributed by atoms with Gasteiger partial charge in [-0.15, -0.1) is 18.2 Å². The van der Waals surface area contributed by atoms with E-state index >= 15 is 0 Å². The lowest BCUT2D eigenvalue weighted by atomic mass is 9.96. The van der Waals surface area contributed by atoms with Gasteiger partial charge in [-0.05, 0) is 56.9 Å². The molecule has 0 saturated carbocycles. The highest BCUT2D eigenvalue weighted by Crippen LogP contribution is 2.36. The monoisotopic (exact) mass is 357 g/mol. The van der Waals surface area contributed by atoms with Gasteiger partial charge in [0.05, 0.1) is 14.2 Å². The van der Waals surface area contributed by atoms with Crippen molar-refractivity contribution in [1.82, 2.24) is 4.72 Å². The summed E-state index contributed by atoms with van der Waals surface area (Å²) in [5.41, 5.74) is 2.35. The summed E-state index contributed by atoms with van der Waals surface area (Å²) in [7, 11) is 3.31. The van der Waals surface area contributed by atoms with Crippen molar-refractivity contribution in [1.29, 1.82) is 0 Å². The summed E-state index contributed by atoms with van der Waals surface area (Å²) >= 11 is 7.71. The molecule has 0 aliphatic carbocycles. The summed E-state index contributed by atoms with van der Waals surface area (Å²) in [4.78, 5) is 0. The van der Waals surface area contributed by atoms with Crippen molar-refractivity contribution >= 4 is 23.5 Å². The summed E-state index contributed by atoms with van der Waals surface area (Å²) in [6, 6.07) is 4.22. The Balaban J connectivity index is 3.23. The molecule has 0 radical (unpaired) electrons. The smallest absolute Gasteiger partial charge is 0.161 e. The van der Waals surface area contributed by atoms with E-state index in [1.807, 2.05) is 18.2 Å². The number of halogens is 1. The first-order valence-electron chi connectivity index (χ1n) is 7.71. The second-order valence-corrected chi connectivity index (χ2v) is 8.30. The van der Waals surface area contributed by atoms with E-state index in [9.17, 15) is 0 Å². The van der Waals surface area contributed by atoms with Crippen molar-refractivity contribution < 1.29 is 9.47 Å². The van der Waals surface area contributed by atoms with E-state index in [-0.39, 0.29) is 10.8 Å². The van der Waals surface area contributed by atoms with Crippen LogP contribution >= 0.6 is 23.5 Å². The Bertz CT molecular complexity index is 514. The van der Waals surface area contributed by atoms with Gasteiger partial charge in [0.1, 0.15) is 0 Å². The third kappa shape index (κ3) is 6.28. The standard InChI is InChI=1S/C18H28ClNO2S/c1-7-8-15(20-23-18(2,3)4)14-12-17(22-6)16(21-5)11-13(14)9-10-19/h7,11-12,15,20H,1,8-10H2,2-6H3. The maximum absolute atomic E-state index is 5.99. The Kier molecular flexibility index (Phi) is 8.31. The number of benzene rings is 1. The van der Waals surface area contributed by atoms with Crippen molar-refractivity contribution in [2.75, 3.05) is 20.1 Å². The van der Waals surface area contributed by atoms with Crippen LogP contribution in [0.25, 0.3) is 0 Å². The van der Waals surface area contributed by atoms with E-state index in [0.29, 0.717) is 5.88 Å². The van der Waals surface area contributed by atoms with Crippen molar-refractivity contribution in [3.05, 3.63) is 35.9 Å². The largest absolute Gasteiger partial charge is 0.493 e. The predicted molar refractivity (Wildman–Crippen MR) is 102 cm³/mol. The third-order valence-corrected chi connectivity index (χ3v) is 4.50. The summed E-state index contributed by atoms with van der Waals surface area (Å²) in [5, 5.41) is 0. The maximum atomic E-state index is 5.99. The minimum atomic E-state index is 0.128. The summed E-state index contributed by atoms with van der Waals surface area (Å²) < 4.78 is 14.6. The topological polar surface area (TPSA) is 30.5 Å². The van der Waals surface area contributed by atoms with E-state index in [1.165, 1.54) is 11.1 Å². The number of aryl methyl sites for hydroxylation is 1. The number of hydrogen-bond donors (Lipinski definition) is 1. The molecular formula is C18H28ClNO2S. The molecule has 0 aromatic heterocycles. The van der Waals surface area contributed by atoms with Gasteiger partial charge in [-0.1, -0.05) is 18.0 Å². The molecule has 130 valence electrons. The zero-order valence-electron chi connectivity index (χ0n) is 14.7. The quantitative estimate of drug-likeness (QED) is 0.376. The van der Waals surface area contributed by atoms with Gasteiger partial charge in [0.2, 0.25) is 0 Å². The highest BCUT2D eigenvalue weighted by atomic mass is 35.5. The molecule has 0 aliphatic rings. The number of hydrogen-bond acceptors (Lipinski definition) is 4. The number of rotatable bonds is 9. The molecule has 1 atom stereocenters. The highest BCUT2D eigenvalue weighted by Gasteiger charge is 2.20. The number of nitrogens with one attached hydrogen (secondary N) is 1. The van der Waals surface area contributed by atoms with Crippen LogP contribution < -0.4 is 14.2 Å². The van der Waals surface area contributed by atoms with Crippen LogP contribution in [0.1, 0.15) is 44.4 Å². The SMILES string of the molecule is C=CCC(NSC(C)(C)C)c1cc(OC)c(OC)cc1CCCl. The molecule has 23 heavy (non-hydrogen) atoms. The van der Waals surface area contributed by atoms with Crippen molar-refractivity contribution in [3.8, 4) is 11.5 Å². The van der Waals surface area contributed by atoms with Crippen LogP contribution in [0, 0.1) is 0 Å². The van der Waals surface area contributed by atoms with E-state index < -0.39 is 0 Å². The van der Waals surface area contributed by atoms with Crippen molar-refractivity contribution in [2.24, 2.45) is 0 Å². The molecule has 0 spiro atoms. The van der Waals surface area contributed by atoms with Crippen LogP contribution in [0.4, 0.5) is 0 Å². The zero-order valence-corrected chi connectivity index (χ0v) is 16.3. The fraction of sp³-hybridized carbons (Fsp3) is 0.556. The number of ether oxygens (including phenoxy) is 2. The molecule has 1 aromatic rings. The number of methoxy groups -OCH3 is 2. The molecule has 0 amide bonds. The molecule has 1 rings (SSSR count). The summed E-state index contributed by atoms with van der Waals surface area (Å²) in [6.45, 7) is 10.4. The van der Waals surface area contributed by atoms with Crippen LogP contribution in [0.5, 0.6) is 11.5 Å². The molecule has 0 fully saturated rings. The summed E-state index contributed by atoms with van der Waals surface area (Å²) in [6.07, 6.45) is 3.54. The molecule has 1 aromatic carbocycles. The first kappa shape index (κ1) is 20.2. The van der Waals surface area contributed by atoms with Crippen LogP contribution in [-0.2, 0) is 6.42 Å². The van der Waals surface area contributed by atoms with Crippen molar-refractivity contribution in [2.45, 2.75) is 44.4 Å². The average Bonchev–Trinajstić information content (AvgIpc) is 2.50. The van der Waals surface area contributed by atoms with Gasteiger partial charge in [-0.25, -0.2) is 0 Å². The highest BCUT2D eigenvalue weighted by molar-refractivity contribution is 7.98. The molecule has 5 heteroatoms. The predicted octanol–water partition coefficient (Wildman–Crippen LogP) is 5.14. The van der Waals surface area contributed by atoms with Gasteiger partial charge < -0.3 is 9.47 Å². The zero-order chi connectivity index (χ0) is 17.5. The van der Waals surface area contributed by atoms with E-state index in [1.54, 1.807) is 26.2 Å². The molecular weight excluding hydrogens is 330 g/mol. The fourth-order valence-electron chi connectivity index (χ4n) is 2.23. The van der Waals surface area contributed by atoms with Gasteiger partial charge in [0.15, 0.2) is 11.5 Å². The lowest BCUT2D eigenvalue weighted by molar-refractivity contribution is 0.353. The number of alkyl halides is 1. The fourth-order valence-corrected chi connectivity index (χ4v) is 3.16. The van der Waals surface area contributed by atoms with Crippen LogP contribution in [0.2, 0.25) is 0 Å². The Morgan fingerprint density at radius 3 is 2.35 bits per heavy atom. The summed E-state index contributed by atoms with van der Waals surface area (Å²) in [5.74, 6) is 2.03. The lowest BCUT2D eigenvalue weighted by Gasteiger charge is -2.26. The van der Waals surface area contributed by atoms with Crippen molar-refractivity contribution in [3.63, 3.8) is 0 Å². The second-order valence-electron chi connectivity index (χ2n) is 6.25. The minimum absolute atomic E-state index is 0.128. The van der Waals surface area contributed by atoms with Gasteiger partial charge in [0.25, 0.3) is 0 Å². The lowest BCUT2D eigenvalue weighted by Crippen LogP contribution is -2.22. The first-order chi connectivity index (χ1) is 10.9. The van der Waals surface area contributed by atoms with Gasteiger partial charge in [0, 0.05) is 16.7 Å². The Morgan fingerprint density at radius 2 is 1.87 bits per heavy atom. The Labute approximate surface area is 149 Å². The van der Waals surface area contributed by atoms with Crippen LogP contribution in [0.3, 0.4) is 0 Å². The van der Waals surface area contributed by atoms with E-state index in [2.05, 4.69) is 32.1 Å². The third-order valence-electron chi connectivity index (χ3n) is 3.29. The molecule has 0 bridgehead atoms. The molecule has 1 N–H and O–H groups in total. The molecule has 0 aliphatic heterocycles. The van der Waals surface area contributed by atoms with Gasteiger partial charge in [-0.2, -0.15) is 0 Å². The Hall–Kier alpha value is -0.840. The molecule has 0 heterocycles. The second kappa shape index (κ2) is 9.45. The first-order valence-corrected chi connectivity index (χ1v) is 9.06. The van der Waals surface area contributed by atoms with Crippen LogP contribution in [0.15, 0.2) is 24.8 Å². The molecule has 3 nitrogen and oxygen atoms in total. The van der Waals surface area contributed by atoms with Crippen LogP contribution in [-0.4, -0.2) is 24.8 Å². The molecule has 1 unspecified atom stereocenters. The van der Waals surface area contributed by atoms with Gasteiger partial charge >= 0.3 is 0 Å². The minimum Gasteiger partial charge on any atom is -0.493 e. The average molecular weight is 358 g/mol. The normalized spacial score (nSPS) is 12.8. The van der Waals surface area contributed by atoms with Gasteiger partial charge in [-0.3, -0.25) is 4.72 Å². The Morgan fingerprint density at radius 1 is 1.26 bits per heavy atom. The molecule has 0 saturated heterocycles. The maximum Gasteiger partial charge on any atom is 0.161 e.